The Morgan fingerprint density at radius 1 is 0.240 bits per heavy atom. The molecule has 10 heteroatoms. The van der Waals surface area contributed by atoms with Crippen LogP contribution in [0.3, 0.4) is 0 Å². The third-order valence-corrected chi connectivity index (χ3v) is 29.6. The van der Waals surface area contributed by atoms with E-state index in [0.717, 1.165) is 116 Å². The first-order valence-electron chi connectivity index (χ1n) is 53.6. The summed E-state index contributed by atoms with van der Waals surface area (Å²) in [6, 6.07) is 0. The lowest BCUT2D eigenvalue weighted by atomic mass is 9.71. The molecule has 0 aliphatic heterocycles. The summed E-state index contributed by atoms with van der Waals surface area (Å²) >= 11 is 0. The molecule has 0 amide bonds. The average Bonchev–Trinajstić information content (AvgIpc) is 0.837. The van der Waals surface area contributed by atoms with Crippen molar-refractivity contribution >= 4 is 23.5 Å². The van der Waals surface area contributed by atoms with E-state index in [9.17, 15) is 40.5 Å². The first-order chi connectivity index (χ1) is 68.1. The lowest BCUT2D eigenvalue weighted by Gasteiger charge is -2.35. The maximum absolute atomic E-state index is 10.5. The maximum Gasteiger partial charge on any atom is 0.145 e. The molecule has 9 atom stereocenters. The van der Waals surface area contributed by atoms with Crippen LogP contribution in [0.2, 0.25) is 0 Å². The van der Waals surface area contributed by atoms with Crippen LogP contribution in [0.4, 0.5) is 0 Å². The summed E-state index contributed by atoms with van der Waals surface area (Å²) in [5, 5.41) is 70.1. The smallest absolute Gasteiger partial charge is 0.145 e. The van der Waals surface area contributed by atoms with Crippen LogP contribution in [0, 0.1) is 37.9 Å². The molecule has 800 valence electrons. The molecule has 8 nitrogen and oxygen atoms in total. The number of rotatable bonds is 34. The van der Waals surface area contributed by atoms with Crippen molar-refractivity contribution in [2.24, 2.45) is 37.9 Å². The van der Waals surface area contributed by atoms with Crippen LogP contribution in [-0.2, 0) is 4.79 Å². The third kappa shape index (κ3) is 50.6. The summed E-state index contributed by atoms with van der Waals surface area (Å²) in [5.74, 6) is 0. The Morgan fingerprint density at radius 3 is 0.534 bits per heavy atom. The number of carbonyl (C=O) groups is 1. The van der Waals surface area contributed by atoms with Crippen LogP contribution in [0.5, 0.6) is 0 Å². The Morgan fingerprint density at radius 2 is 0.384 bits per heavy atom. The summed E-state index contributed by atoms with van der Waals surface area (Å²) in [6.45, 7) is 75.3. The molecule has 0 spiro atoms. The highest BCUT2D eigenvalue weighted by molar-refractivity contribution is 8.02. The molecule has 0 aromatic heterocycles. The molecule has 7 aliphatic rings. The van der Waals surface area contributed by atoms with Crippen LogP contribution in [0.25, 0.3) is 0 Å². The number of hydrogen-bond donors (Lipinski definition) is 7. The summed E-state index contributed by atoms with van der Waals surface area (Å²) in [5.41, 5.74) is 34.1. The Bertz CT molecular complexity index is 5130. The minimum Gasteiger partial charge on any atom is -0.393 e. The van der Waals surface area contributed by atoms with E-state index in [1.807, 2.05) is 40.2 Å². The first kappa shape index (κ1) is 131. The van der Waals surface area contributed by atoms with Crippen molar-refractivity contribution in [3.05, 3.63) is 412 Å². The average molecular weight is 2020 g/mol. The van der Waals surface area contributed by atoms with E-state index in [2.05, 4.69) is 459 Å². The van der Waals surface area contributed by atoms with Crippen molar-refractivity contribution in [1.82, 2.24) is 0 Å². The van der Waals surface area contributed by atoms with Crippen molar-refractivity contribution in [2.45, 2.75) is 381 Å². The van der Waals surface area contributed by atoms with Crippen molar-refractivity contribution in [3.63, 3.8) is 0 Å². The molecule has 0 fully saturated rings. The predicted molar refractivity (Wildman–Crippen MR) is 649 cm³/mol. The highest BCUT2D eigenvalue weighted by Gasteiger charge is 2.38. The van der Waals surface area contributed by atoms with E-state index in [1.165, 1.54) is 145 Å². The van der Waals surface area contributed by atoms with E-state index in [0.29, 0.717) is 5.57 Å². The SMILES string of the molecule is CC/C=C(C)/C=C/C1=C(C)CC(O)CC1(C)C.CC1=C(/C=C/C(C)=C/C=C/C(C)=C/C=C/C=C(C)/C=C/C=C(C)/C=C/C2=C(C)C[C@@H](O)CC2(C)C)C(C)(C)C[C@H](O)C1.CC1=C(/C=C/C(C)=C/C=C/C(C)=C/C=C/C=C(C)/C=C/C=C(C)/C=C/C2=C(C)C[C@H](O)CC2(C)C)C(C)(C)C[C@@H](O)C1.CC1=C(/C=C/C(C)=C/C=C/C(C)=C/C=C/C=C(\C)C=O)C(C)(C)C[C@H](O)C1.CC1=C(/C=C/C(C)=C/CP[PH3+])C(C)(C)C[C@@H](O)C1. The lowest BCUT2D eigenvalue weighted by Crippen LogP contribution is -2.28. The zero-order chi connectivity index (χ0) is 110. The van der Waals surface area contributed by atoms with Crippen molar-refractivity contribution in [2.75, 3.05) is 6.16 Å². The molecular formula is C136H199O8P2+. The second-order valence-electron chi connectivity index (χ2n) is 47.2. The van der Waals surface area contributed by atoms with E-state index < -0.39 is 0 Å². The Labute approximate surface area is 895 Å². The van der Waals surface area contributed by atoms with Crippen LogP contribution < -0.4 is 0 Å². The molecule has 7 N–H and O–H groups in total. The van der Waals surface area contributed by atoms with E-state index in [1.54, 1.807) is 13.0 Å². The quantitative estimate of drug-likeness (QED) is 0.0145. The Hall–Kier alpha value is -8.85. The maximum atomic E-state index is 10.5. The number of aliphatic hydroxyl groups is 7. The van der Waals surface area contributed by atoms with E-state index in [4.69, 9.17) is 0 Å². The fourth-order valence-electron chi connectivity index (χ4n) is 21.1. The van der Waals surface area contributed by atoms with Gasteiger partial charge in [-0.25, -0.2) is 0 Å². The van der Waals surface area contributed by atoms with Crippen molar-refractivity contribution in [1.29, 1.82) is 0 Å². The third-order valence-electron chi connectivity index (χ3n) is 28.3. The highest BCUT2D eigenvalue weighted by atomic mass is 32.0. The summed E-state index contributed by atoms with van der Waals surface area (Å²) in [6.07, 6.45) is 104. The molecule has 7 rings (SSSR count). The number of allylic oxidation sites excluding steroid dienone is 63. The zero-order valence-electron chi connectivity index (χ0n) is 97.5. The van der Waals surface area contributed by atoms with Gasteiger partial charge in [0.1, 0.15) is 6.29 Å². The van der Waals surface area contributed by atoms with Crippen molar-refractivity contribution < 1.29 is 40.5 Å². The molecule has 0 heterocycles. The first-order valence-corrected chi connectivity index (χ1v) is 57.2. The zero-order valence-corrected chi connectivity index (χ0v) is 99.9. The van der Waals surface area contributed by atoms with Gasteiger partial charge in [-0.2, -0.15) is 0 Å². The lowest BCUT2D eigenvalue weighted by molar-refractivity contribution is -0.104. The van der Waals surface area contributed by atoms with Gasteiger partial charge >= 0.3 is 0 Å². The summed E-state index contributed by atoms with van der Waals surface area (Å²) in [4.78, 5) is 10.5. The van der Waals surface area contributed by atoms with Gasteiger partial charge in [0.2, 0.25) is 0 Å². The predicted octanol–water partition coefficient (Wildman–Crippen LogP) is 35.9. The van der Waals surface area contributed by atoms with E-state index >= 15 is 0 Å². The fourth-order valence-corrected chi connectivity index (χ4v) is 22.0. The topological polar surface area (TPSA) is 159 Å². The minimum atomic E-state index is -0.227. The van der Waals surface area contributed by atoms with Gasteiger partial charge in [-0.3, -0.25) is 4.79 Å². The van der Waals surface area contributed by atoms with Gasteiger partial charge in [0.05, 0.1) is 42.7 Å². The summed E-state index contributed by atoms with van der Waals surface area (Å²) < 4.78 is 0. The normalized spacial score (nSPS) is 24.8. The van der Waals surface area contributed by atoms with Gasteiger partial charge < -0.3 is 35.7 Å². The molecule has 146 heavy (non-hydrogen) atoms. The van der Waals surface area contributed by atoms with Gasteiger partial charge in [0.25, 0.3) is 0 Å². The monoisotopic (exact) mass is 2020 g/mol. The molecule has 0 radical (unpaired) electrons. The van der Waals surface area contributed by atoms with Gasteiger partial charge in [-0.15, -0.1) is 0 Å². The van der Waals surface area contributed by atoms with Crippen LogP contribution in [-0.4, -0.2) is 90.9 Å². The highest BCUT2D eigenvalue weighted by Crippen LogP contribution is 2.48. The van der Waals surface area contributed by atoms with Gasteiger partial charge in [-0.1, -0.05) is 471 Å². The molecule has 0 aromatic carbocycles. The van der Waals surface area contributed by atoms with Crippen LogP contribution in [0.1, 0.15) is 339 Å². The summed E-state index contributed by atoms with van der Waals surface area (Å²) in [7, 11) is 3.06. The number of hydrogen-bond acceptors (Lipinski definition) is 8. The van der Waals surface area contributed by atoms with Gasteiger partial charge in [0.15, 0.2) is 0 Å². The molecule has 0 saturated heterocycles. The molecule has 3 unspecified atom stereocenters. The Kier molecular flexibility index (Phi) is 58.1. The second-order valence-corrected chi connectivity index (χ2v) is 49.6. The standard InChI is InChI=1S/2C40H56O2.C25H34O2.C16H26O.C15H26OP2/c2*1-29(17-13-19-31(3)21-23-37-33(5)25-35(41)27-39(37,7)8)15-11-12-16-30(2)18-14-20-32(4)22-24-38-34(6)26-36(42)28-40(38,9)10;1-19(10-7-8-11-21(3)18-26)12-9-13-20(2)14-15-24-22(4)16-23(27)17-25(24,5)6;1-6-7-12(2)8-9-15-13(3)10-14(17)11-16(15,4)5;1-11(7-8-18-17)5-6-14-12(2)9-13(16)10-15(14,3)4/h2*11-24,35-36,41-42H,25-28H2,1-10H3;7-15,18,23,27H,16-17H2,1-6H3;7-9,14,17H,6,10-11H2,1-5H3;5-7,13,16,18H,8-10,17H2,1-4H3/p+1/b2*12-11+,17-13+,18-14+,23-21+,24-22+,29-15+,30-16+,31-19+,32-20+;8-7+,12-9+,15-14+,19-10+,20-13+,21-11+;9-8+,12-7+;6-5+,11-7+/t2*35-,36-;23-;;13-/m101.0/s1. The van der Waals surface area contributed by atoms with Crippen molar-refractivity contribution in [3.8, 4) is 0 Å². The molecule has 0 aromatic rings. The molecule has 0 bridgehead atoms. The minimum absolute atomic E-state index is 0.00547. The number of aliphatic hydroxyl groups excluding tert-OH is 7. The molecular weight excluding hydrogens is 1820 g/mol. The van der Waals surface area contributed by atoms with Crippen LogP contribution in [0.15, 0.2) is 412 Å². The molecule has 0 saturated carbocycles. The Balaban J connectivity index is 0.000000491. The van der Waals surface area contributed by atoms with Gasteiger partial charge in [-0.05, 0) is 326 Å². The number of carbonyl (C=O) groups excluding carboxylic acids is 1. The van der Waals surface area contributed by atoms with E-state index in [-0.39, 0.29) is 80.6 Å². The molecule has 7 aliphatic carbocycles. The van der Waals surface area contributed by atoms with Gasteiger partial charge in [0, 0.05) is 14.4 Å². The fraction of sp³-hybridized carbons (Fsp3) is 0.478. The largest absolute Gasteiger partial charge is 0.393 e. The second kappa shape index (κ2) is 64.6. The van der Waals surface area contributed by atoms with Crippen LogP contribution >= 0.6 is 17.2 Å². The number of aldehydes is 1.